The van der Waals surface area contributed by atoms with Gasteiger partial charge in [0.2, 0.25) is 0 Å². The van der Waals surface area contributed by atoms with Crippen LogP contribution in [0, 0.1) is 6.92 Å². The zero-order chi connectivity index (χ0) is 14.2. The Labute approximate surface area is 123 Å². The topological polar surface area (TPSA) is 35.6 Å². The molecule has 2 unspecified atom stereocenters. The lowest BCUT2D eigenvalue weighted by atomic mass is 10.4. The van der Waals surface area contributed by atoms with Gasteiger partial charge in [-0.1, -0.05) is 6.92 Å². The fraction of sp³-hybridized carbons (Fsp3) is 0.692. The van der Waals surface area contributed by atoms with Gasteiger partial charge in [-0.25, -0.2) is 9.67 Å². The highest BCUT2D eigenvalue weighted by molar-refractivity contribution is 7.99. The van der Waals surface area contributed by atoms with Gasteiger partial charge in [0.05, 0.1) is 11.1 Å². The van der Waals surface area contributed by atoms with Crippen LogP contribution in [-0.2, 0) is 13.1 Å². The van der Waals surface area contributed by atoms with Crippen LogP contribution in [0.2, 0.25) is 0 Å². The molecule has 4 nitrogen and oxygen atoms in total. The van der Waals surface area contributed by atoms with E-state index < -0.39 is 0 Å². The van der Waals surface area contributed by atoms with Crippen LogP contribution in [0.1, 0.15) is 37.7 Å². The standard InChI is InChI=1S/C13H21ClN4S/c1-6-18-13-11(10(4)16-18)15-12(9(3)14)17(13)7-8(2)19-5/h8-9H,6-7H2,1-5H3. The van der Waals surface area contributed by atoms with Crippen LogP contribution < -0.4 is 0 Å². The summed E-state index contributed by atoms with van der Waals surface area (Å²) in [7, 11) is 0. The van der Waals surface area contributed by atoms with Crippen LogP contribution in [0.25, 0.3) is 11.2 Å². The summed E-state index contributed by atoms with van der Waals surface area (Å²) in [6.07, 6.45) is 2.13. The number of imidazole rings is 1. The molecule has 0 saturated carbocycles. The molecule has 0 aliphatic rings. The number of halogens is 1. The van der Waals surface area contributed by atoms with Crippen molar-refractivity contribution in [3.8, 4) is 0 Å². The Morgan fingerprint density at radius 1 is 1.37 bits per heavy atom. The van der Waals surface area contributed by atoms with Gasteiger partial charge in [0.1, 0.15) is 11.3 Å². The van der Waals surface area contributed by atoms with E-state index >= 15 is 0 Å². The normalized spacial score (nSPS) is 15.1. The molecule has 0 amide bonds. The van der Waals surface area contributed by atoms with Crippen LogP contribution in [-0.4, -0.2) is 30.8 Å². The van der Waals surface area contributed by atoms with E-state index in [0.717, 1.165) is 35.8 Å². The number of thioether (sulfide) groups is 1. The van der Waals surface area contributed by atoms with Crippen LogP contribution in [0.5, 0.6) is 0 Å². The number of hydrogen-bond acceptors (Lipinski definition) is 3. The van der Waals surface area contributed by atoms with Gasteiger partial charge in [-0.3, -0.25) is 0 Å². The molecular weight excluding hydrogens is 280 g/mol. The number of fused-ring (bicyclic) bond motifs is 1. The largest absolute Gasteiger partial charge is 0.311 e. The molecule has 0 aliphatic carbocycles. The molecule has 2 aromatic rings. The molecule has 2 atom stereocenters. The summed E-state index contributed by atoms with van der Waals surface area (Å²) >= 11 is 8.14. The Kier molecular flexibility index (Phi) is 4.46. The van der Waals surface area contributed by atoms with Crippen LogP contribution >= 0.6 is 23.4 Å². The predicted molar refractivity (Wildman–Crippen MR) is 83.2 cm³/mol. The SMILES string of the molecule is CCn1nc(C)c2nc(C(C)Cl)n(CC(C)SC)c21. The van der Waals surface area contributed by atoms with Gasteiger partial charge in [-0.15, -0.1) is 11.6 Å². The van der Waals surface area contributed by atoms with Crippen LogP contribution in [0.4, 0.5) is 0 Å². The molecule has 0 aromatic carbocycles. The summed E-state index contributed by atoms with van der Waals surface area (Å²) < 4.78 is 4.26. The molecular formula is C13H21ClN4S. The van der Waals surface area contributed by atoms with Gasteiger partial charge in [-0.05, 0) is 27.0 Å². The molecule has 0 saturated heterocycles. The van der Waals surface area contributed by atoms with Crippen molar-refractivity contribution in [2.75, 3.05) is 6.26 Å². The highest BCUT2D eigenvalue weighted by atomic mass is 35.5. The van der Waals surface area contributed by atoms with E-state index in [1.165, 1.54) is 0 Å². The molecule has 106 valence electrons. The van der Waals surface area contributed by atoms with Gasteiger partial charge in [0.15, 0.2) is 5.65 Å². The van der Waals surface area contributed by atoms with Gasteiger partial charge in [-0.2, -0.15) is 16.9 Å². The molecule has 0 radical (unpaired) electrons. The van der Waals surface area contributed by atoms with Crippen molar-refractivity contribution in [3.63, 3.8) is 0 Å². The Morgan fingerprint density at radius 3 is 2.58 bits per heavy atom. The molecule has 2 aromatic heterocycles. The molecule has 2 rings (SSSR count). The van der Waals surface area contributed by atoms with Gasteiger partial charge in [0.25, 0.3) is 0 Å². The first-order valence-corrected chi connectivity index (χ1v) is 8.32. The van der Waals surface area contributed by atoms with Crippen molar-refractivity contribution in [2.45, 2.75) is 51.4 Å². The smallest absolute Gasteiger partial charge is 0.158 e. The number of aryl methyl sites for hydroxylation is 2. The second-order valence-electron chi connectivity index (χ2n) is 4.82. The Bertz CT molecular complexity index is 573. The fourth-order valence-electron chi connectivity index (χ4n) is 2.28. The summed E-state index contributed by atoms with van der Waals surface area (Å²) in [4.78, 5) is 4.71. The minimum absolute atomic E-state index is 0.0915. The molecule has 2 heterocycles. The quantitative estimate of drug-likeness (QED) is 0.791. The lowest BCUT2D eigenvalue weighted by Crippen LogP contribution is -2.15. The van der Waals surface area contributed by atoms with Crippen molar-refractivity contribution in [3.05, 3.63) is 11.5 Å². The predicted octanol–water partition coefficient (Wildman–Crippen LogP) is 3.61. The number of rotatable bonds is 5. The summed E-state index contributed by atoms with van der Waals surface area (Å²) in [5.74, 6) is 0.945. The summed E-state index contributed by atoms with van der Waals surface area (Å²) in [5.41, 5.74) is 3.06. The third-order valence-corrected chi connectivity index (χ3v) is 4.47. The van der Waals surface area contributed by atoms with E-state index in [-0.39, 0.29) is 5.38 Å². The van der Waals surface area contributed by atoms with E-state index in [0.29, 0.717) is 5.25 Å². The number of nitrogens with zero attached hydrogens (tertiary/aromatic N) is 4. The Balaban J connectivity index is 2.63. The van der Waals surface area contributed by atoms with Gasteiger partial charge in [0, 0.05) is 18.3 Å². The average Bonchev–Trinajstić information content (AvgIpc) is 2.88. The lowest BCUT2D eigenvalue weighted by Gasteiger charge is -2.15. The Hall–Kier alpha value is -0.680. The lowest BCUT2D eigenvalue weighted by molar-refractivity contribution is 0.607. The van der Waals surface area contributed by atoms with Crippen molar-refractivity contribution in [1.29, 1.82) is 0 Å². The first kappa shape index (κ1) is 14.7. The highest BCUT2D eigenvalue weighted by Crippen LogP contribution is 2.27. The van der Waals surface area contributed by atoms with Crippen LogP contribution in [0.15, 0.2) is 0 Å². The summed E-state index contributed by atoms with van der Waals surface area (Å²) in [5, 5.41) is 4.97. The van der Waals surface area contributed by atoms with Gasteiger partial charge >= 0.3 is 0 Å². The third kappa shape index (κ3) is 2.63. The summed E-state index contributed by atoms with van der Waals surface area (Å²) in [6, 6.07) is 0. The summed E-state index contributed by atoms with van der Waals surface area (Å²) in [6.45, 7) is 10.1. The molecule has 0 N–H and O–H groups in total. The van der Waals surface area contributed by atoms with E-state index in [1.807, 2.05) is 30.3 Å². The minimum Gasteiger partial charge on any atom is -0.311 e. The van der Waals surface area contributed by atoms with E-state index in [1.54, 1.807) is 0 Å². The van der Waals surface area contributed by atoms with E-state index in [2.05, 4.69) is 29.8 Å². The number of hydrogen-bond donors (Lipinski definition) is 0. The maximum atomic E-state index is 6.29. The second-order valence-corrected chi connectivity index (χ2v) is 6.75. The molecule has 0 fully saturated rings. The second kappa shape index (κ2) is 5.75. The monoisotopic (exact) mass is 300 g/mol. The fourth-order valence-corrected chi connectivity index (χ4v) is 2.74. The molecule has 0 aliphatic heterocycles. The first-order chi connectivity index (χ1) is 8.99. The maximum absolute atomic E-state index is 6.29. The van der Waals surface area contributed by atoms with Crippen LogP contribution in [0.3, 0.4) is 0 Å². The van der Waals surface area contributed by atoms with E-state index in [4.69, 9.17) is 16.6 Å². The van der Waals surface area contributed by atoms with Crippen molar-refractivity contribution >= 4 is 34.5 Å². The first-order valence-electron chi connectivity index (χ1n) is 6.59. The van der Waals surface area contributed by atoms with Crippen molar-refractivity contribution < 1.29 is 0 Å². The maximum Gasteiger partial charge on any atom is 0.158 e. The zero-order valence-electron chi connectivity index (χ0n) is 12.1. The third-order valence-electron chi connectivity index (χ3n) is 3.33. The molecule has 6 heteroatoms. The number of alkyl halides is 1. The highest BCUT2D eigenvalue weighted by Gasteiger charge is 2.21. The zero-order valence-corrected chi connectivity index (χ0v) is 13.7. The number of aromatic nitrogens is 4. The van der Waals surface area contributed by atoms with Gasteiger partial charge < -0.3 is 4.57 Å². The molecule has 0 spiro atoms. The Morgan fingerprint density at radius 2 is 2.05 bits per heavy atom. The minimum atomic E-state index is -0.0915. The average molecular weight is 301 g/mol. The molecule has 19 heavy (non-hydrogen) atoms. The van der Waals surface area contributed by atoms with Crippen molar-refractivity contribution in [1.82, 2.24) is 19.3 Å². The van der Waals surface area contributed by atoms with E-state index in [9.17, 15) is 0 Å². The van der Waals surface area contributed by atoms with Crippen molar-refractivity contribution in [2.24, 2.45) is 0 Å². The molecule has 0 bridgehead atoms.